The highest BCUT2D eigenvalue weighted by atomic mass is 16.5. The van der Waals surface area contributed by atoms with Crippen molar-refractivity contribution in [3.05, 3.63) is 24.0 Å². The molecule has 1 fully saturated rings. The van der Waals surface area contributed by atoms with Crippen molar-refractivity contribution in [2.45, 2.75) is 44.6 Å². The molecular formula is C16H25N3O2. The zero-order chi connectivity index (χ0) is 14.9. The van der Waals surface area contributed by atoms with Gasteiger partial charge in [0.1, 0.15) is 5.69 Å². The van der Waals surface area contributed by atoms with E-state index in [1.54, 1.807) is 19.4 Å². The molecule has 116 valence electrons. The maximum atomic E-state index is 11.9. The summed E-state index contributed by atoms with van der Waals surface area (Å²) >= 11 is 0. The molecule has 0 spiro atoms. The van der Waals surface area contributed by atoms with E-state index in [1.807, 2.05) is 6.07 Å². The first-order valence-corrected chi connectivity index (χ1v) is 7.79. The van der Waals surface area contributed by atoms with Gasteiger partial charge in [0.15, 0.2) is 0 Å². The van der Waals surface area contributed by atoms with Crippen LogP contribution in [0.2, 0.25) is 0 Å². The monoisotopic (exact) mass is 291 g/mol. The Kier molecular flexibility index (Phi) is 6.47. The number of pyridine rings is 1. The molecule has 21 heavy (non-hydrogen) atoms. The summed E-state index contributed by atoms with van der Waals surface area (Å²) in [4.78, 5) is 16.1. The lowest BCUT2D eigenvalue weighted by Crippen LogP contribution is -2.26. The van der Waals surface area contributed by atoms with E-state index in [9.17, 15) is 4.79 Å². The van der Waals surface area contributed by atoms with Crippen LogP contribution in [0, 0.1) is 0 Å². The summed E-state index contributed by atoms with van der Waals surface area (Å²) in [6.07, 6.45) is 8.95. The molecule has 1 saturated carbocycles. The number of carbonyl (C=O) groups is 1. The van der Waals surface area contributed by atoms with Gasteiger partial charge in [0.05, 0.1) is 11.9 Å². The van der Waals surface area contributed by atoms with Crippen LogP contribution in [-0.4, -0.2) is 37.2 Å². The summed E-state index contributed by atoms with van der Waals surface area (Å²) in [6.45, 7) is 1.26. The molecule has 1 aliphatic carbocycles. The first kappa shape index (κ1) is 15.8. The first-order valence-electron chi connectivity index (χ1n) is 7.79. The molecule has 1 aromatic rings. The van der Waals surface area contributed by atoms with Gasteiger partial charge in [-0.25, -0.2) is 4.98 Å². The molecule has 1 aliphatic rings. The molecular weight excluding hydrogens is 266 g/mol. The molecule has 2 rings (SSSR count). The van der Waals surface area contributed by atoms with E-state index in [-0.39, 0.29) is 5.91 Å². The molecule has 0 aliphatic heterocycles. The standard InChI is InChI=1S/C16H25N3O2/c1-21-11-5-10-17-16(20)15-9-8-14(12-18-15)19-13-6-3-2-4-7-13/h8-9,12-13,19H,2-7,10-11H2,1H3,(H,17,20). The highest BCUT2D eigenvalue weighted by Crippen LogP contribution is 2.21. The molecule has 0 unspecified atom stereocenters. The van der Waals surface area contributed by atoms with E-state index >= 15 is 0 Å². The maximum absolute atomic E-state index is 11.9. The number of hydrogen-bond acceptors (Lipinski definition) is 4. The van der Waals surface area contributed by atoms with Gasteiger partial charge in [-0.15, -0.1) is 0 Å². The summed E-state index contributed by atoms with van der Waals surface area (Å²) in [5, 5.41) is 6.33. The third-order valence-corrected chi connectivity index (χ3v) is 3.78. The van der Waals surface area contributed by atoms with Crippen molar-refractivity contribution in [3.8, 4) is 0 Å². The zero-order valence-electron chi connectivity index (χ0n) is 12.7. The van der Waals surface area contributed by atoms with Gasteiger partial charge >= 0.3 is 0 Å². The fourth-order valence-corrected chi connectivity index (χ4v) is 2.61. The average molecular weight is 291 g/mol. The van der Waals surface area contributed by atoms with Gasteiger partial charge < -0.3 is 15.4 Å². The summed E-state index contributed by atoms with van der Waals surface area (Å²) < 4.78 is 4.94. The largest absolute Gasteiger partial charge is 0.385 e. The minimum absolute atomic E-state index is 0.129. The van der Waals surface area contributed by atoms with Gasteiger partial charge in [-0.3, -0.25) is 4.79 Å². The van der Waals surface area contributed by atoms with Crippen molar-refractivity contribution in [1.29, 1.82) is 0 Å². The second-order valence-electron chi connectivity index (χ2n) is 5.51. The van der Waals surface area contributed by atoms with Crippen molar-refractivity contribution < 1.29 is 9.53 Å². The van der Waals surface area contributed by atoms with Crippen LogP contribution in [0.1, 0.15) is 49.0 Å². The molecule has 0 atom stereocenters. The lowest BCUT2D eigenvalue weighted by atomic mass is 9.95. The fourth-order valence-electron chi connectivity index (χ4n) is 2.61. The predicted octanol–water partition coefficient (Wildman–Crippen LogP) is 2.59. The van der Waals surface area contributed by atoms with E-state index in [1.165, 1.54) is 32.1 Å². The van der Waals surface area contributed by atoms with Crippen molar-refractivity contribution in [2.24, 2.45) is 0 Å². The predicted molar refractivity (Wildman–Crippen MR) is 83.6 cm³/mol. The molecule has 1 aromatic heterocycles. The molecule has 5 nitrogen and oxygen atoms in total. The third kappa shape index (κ3) is 5.34. The van der Waals surface area contributed by atoms with Gasteiger partial charge in [-0.1, -0.05) is 19.3 Å². The Morgan fingerprint density at radius 3 is 2.81 bits per heavy atom. The Morgan fingerprint density at radius 2 is 2.14 bits per heavy atom. The average Bonchev–Trinajstić information content (AvgIpc) is 2.53. The highest BCUT2D eigenvalue weighted by molar-refractivity contribution is 5.92. The molecule has 5 heteroatoms. The topological polar surface area (TPSA) is 63.2 Å². The van der Waals surface area contributed by atoms with Crippen LogP contribution in [0.5, 0.6) is 0 Å². The van der Waals surface area contributed by atoms with Crippen molar-refractivity contribution in [3.63, 3.8) is 0 Å². The minimum Gasteiger partial charge on any atom is -0.385 e. The van der Waals surface area contributed by atoms with Gasteiger partial charge in [0, 0.05) is 26.3 Å². The summed E-state index contributed by atoms with van der Waals surface area (Å²) in [5.74, 6) is -0.129. The molecule has 1 heterocycles. The molecule has 2 N–H and O–H groups in total. The maximum Gasteiger partial charge on any atom is 0.269 e. The number of nitrogens with zero attached hydrogens (tertiary/aromatic N) is 1. The molecule has 0 saturated heterocycles. The van der Waals surface area contributed by atoms with Crippen molar-refractivity contribution in [1.82, 2.24) is 10.3 Å². The molecule has 0 aromatic carbocycles. The molecule has 0 radical (unpaired) electrons. The van der Waals surface area contributed by atoms with Crippen LogP contribution in [0.15, 0.2) is 18.3 Å². The number of ether oxygens (including phenoxy) is 1. The number of nitrogens with one attached hydrogen (secondary N) is 2. The van der Waals surface area contributed by atoms with E-state index in [0.29, 0.717) is 24.9 Å². The highest BCUT2D eigenvalue weighted by Gasteiger charge is 2.13. The fraction of sp³-hybridized carbons (Fsp3) is 0.625. The Hall–Kier alpha value is -1.62. The SMILES string of the molecule is COCCCNC(=O)c1ccc(NC2CCCCC2)cn1. The molecule has 0 bridgehead atoms. The number of amides is 1. The van der Waals surface area contributed by atoms with Crippen LogP contribution < -0.4 is 10.6 Å². The molecule has 1 amide bonds. The van der Waals surface area contributed by atoms with Gasteiger partial charge in [-0.05, 0) is 31.4 Å². The Bertz CT molecular complexity index is 428. The number of anilines is 1. The van der Waals surface area contributed by atoms with Gasteiger partial charge in [0.25, 0.3) is 5.91 Å². The van der Waals surface area contributed by atoms with E-state index < -0.39 is 0 Å². The number of methoxy groups -OCH3 is 1. The normalized spacial score (nSPS) is 15.7. The number of hydrogen-bond donors (Lipinski definition) is 2. The lowest BCUT2D eigenvalue weighted by molar-refractivity contribution is 0.0943. The zero-order valence-corrected chi connectivity index (χ0v) is 12.7. The quantitative estimate of drug-likeness (QED) is 0.758. The van der Waals surface area contributed by atoms with Crippen LogP contribution in [0.3, 0.4) is 0 Å². The second-order valence-corrected chi connectivity index (χ2v) is 5.51. The lowest BCUT2D eigenvalue weighted by Gasteiger charge is -2.23. The minimum atomic E-state index is -0.129. The van der Waals surface area contributed by atoms with E-state index in [4.69, 9.17) is 4.74 Å². The third-order valence-electron chi connectivity index (χ3n) is 3.78. The smallest absolute Gasteiger partial charge is 0.269 e. The second kappa shape index (κ2) is 8.62. The van der Waals surface area contributed by atoms with Crippen molar-refractivity contribution >= 4 is 11.6 Å². The Labute approximate surface area is 126 Å². The number of carbonyl (C=O) groups excluding carboxylic acids is 1. The van der Waals surface area contributed by atoms with Crippen LogP contribution in [0.25, 0.3) is 0 Å². The van der Waals surface area contributed by atoms with Crippen LogP contribution >= 0.6 is 0 Å². The first-order chi connectivity index (χ1) is 10.3. The Balaban J connectivity index is 1.79. The van der Waals surface area contributed by atoms with E-state index in [2.05, 4.69) is 15.6 Å². The number of rotatable bonds is 7. The van der Waals surface area contributed by atoms with Crippen molar-refractivity contribution in [2.75, 3.05) is 25.6 Å². The summed E-state index contributed by atoms with van der Waals surface area (Å²) in [5.41, 5.74) is 1.46. The number of aromatic nitrogens is 1. The van der Waals surface area contributed by atoms with Crippen LogP contribution in [-0.2, 0) is 4.74 Å². The van der Waals surface area contributed by atoms with Gasteiger partial charge in [-0.2, -0.15) is 0 Å². The van der Waals surface area contributed by atoms with Crippen LogP contribution in [0.4, 0.5) is 5.69 Å². The summed E-state index contributed by atoms with van der Waals surface area (Å²) in [7, 11) is 1.65. The summed E-state index contributed by atoms with van der Waals surface area (Å²) in [6, 6.07) is 4.26. The van der Waals surface area contributed by atoms with Gasteiger partial charge in [0.2, 0.25) is 0 Å². The van der Waals surface area contributed by atoms with E-state index in [0.717, 1.165) is 12.1 Å². The Morgan fingerprint density at radius 1 is 1.33 bits per heavy atom.